The number of fused-ring (bicyclic) bond motifs is 2. The molecule has 0 fully saturated rings. The molecule has 112 valence electrons. The van der Waals surface area contributed by atoms with E-state index in [4.69, 9.17) is 0 Å². The Kier molecular flexibility index (Phi) is 3.69. The van der Waals surface area contributed by atoms with E-state index in [1.807, 2.05) is 24.4 Å². The third kappa shape index (κ3) is 2.56. The van der Waals surface area contributed by atoms with Crippen molar-refractivity contribution in [1.82, 2.24) is 0 Å². The highest BCUT2D eigenvalue weighted by Gasteiger charge is 2.20. The van der Waals surface area contributed by atoms with Gasteiger partial charge in [-0.15, -0.1) is 11.3 Å². The summed E-state index contributed by atoms with van der Waals surface area (Å²) >= 11 is 1.69. The van der Waals surface area contributed by atoms with Gasteiger partial charge in [0, 0.05) is 16.7 Å². The average Bonchev–Trinajstić information content (AvgIpc) is 2.97. The van der Waals surface area contributed by atoms with Gasteiger partial charge < -0.3 is 0 Å². The minimum Gasteiger partial charge on any atom is -0.244 e. The van der Waals surface area contributed by atoms with E-state index >= 15 is 0 Å². The molecule has 0 N–H and O–H groups in total. The average molecular weight is 316 g/mol. The molecule has 1 aromatic heterocycles. The Morgan fingerprint density at radius 2 is 1.87 bits per heavy atom. The van der Waals surface area contributed by atoms with Crippen LogP contribution in [0.5, 0.6) is 0 Å². The summed E-state index contributed by atoms with van der Waals surface area (Å²) in [6, 6.07) is 16.9. The lowest BCUT2D eigenvalue weighted by atomic mass is 9.96. The van der Waals surface area contributed by atoms with Crippen LogP contribution < -0.4 is 0 Å². The largest absolute Gasteiger partial charge is 0.244 e. The van der Waals surface area contributed by atoms with Crippen LogP contribution in [0, 0.1) is 11.3 Å². The highest BCUT2D eigenvalue weighted by Crippen LogP contribution is 2.39. The monoisotopic (exact) mass is 316 g/mol. The lowest BCUT2D eigenvalue weighted by molar-refractivity contribution is 0.696. The third-order valence-corrected chi connectivity index (χ3v) is 5.61. The lowest BCUT2D eigenvalue weighted by Crippen LogP contribution is -1.99. The van der Waals surface area contributed by atoms with Crippen LogP contribution in [-0.2, 0) is 12.8 Å². The number of aryl methyl sites for hydroxylation is 1. The van der Waals surface area contributed by atoms with Crippen molar-refractivity contribution >= 4 is 33.3 Å². The molecule has 23 heavy (non-hydrogen) atoms. The fraction of sp³-hybridized carbons (Fsp3) is 0.200. The minimum atomic E-state index is 0.793. The molecule has 4 rings (SSSR count). The fourth-order valence-electron chi connectivity index (χ4n) is 3.25. The first-order chi connectivity index (χ1) is 11.4. The van der Waals surface area contributed by atoms with E-state index in [2.05, 4.69) is 35.3 Å². The molecule has 0 saturated heterocycles. The Morgan fingerprint density at radius 1 is 1.04 bits per heavy atom. The summed E-state index contributed by atoms with van der Waals surface area (Å²) in [6.07, 6.45) is 6.44. The van der Waals surface area contributed by atoms with Gasteiger partial charge in [0.25, 0.3) is 0 Å². The molecule has 0 radical (unpaired) electrons. The zero-order valence-electron chi connectivity index (χ0n) is 12.7. The fourth-order valence-corrected chi connectivity index (χ4v) is 4.43. The molecule has 2 aromatic carbocycles. The summed E-state index contributed by atoms with van der Waals surface area (Å²) in [6.45, 7) is 0. The number of hydrogen-bond acceptors (Lipinski definition) is 3. The van der Waals surface area contributed by atoms with Gasteiger partial charge in [-0.05, 0) is 42.0 Å². The summed E-state index contributed by atoms with van der Waals surface area (Å²) in [5.74, 6) is 0. The summed E-state index contributed by atoms with van der Waals surface area (Å²) in [4.78, 5) is 6.03. The number of aliphatic imine (C=N–C) groups is 1. The van der Waals surface area contributed by atoms with E-state index in [1.165, 1.54) is 34.1 Å². The standard InChI is InChI=1S/C20H16N2S/c21-12-18-17-10-3-4-11-19(17)23-20(18)22-13-15-8-5-7-14-6-1-2-9-16(14)15/h1-2,5-9,13H,3-4,10-11H2/b22-13+. The SMILES string of the molecule is N#Cc1c(/N=C/c2cccc3ccccc23)sc2c1CCCC2. The molecule has 0 bridgehead atoms. The number of rotatable bonds is 2. The summed E-state index contributed by atoms with van der Waals surface area (Å²) in [5.41, 5.74) is 3.13. The molecule has 1 aliphatic rings. The Balaban J connectivity index is 1.77. The quantitative estimate of drug-likeness (QED) is 0.583. The second kappa shape index (κ2) is 5.98. The maximum Gasteiger partial charge on any atom is 0.134 e. The van der Waals surface area contributed by atoms with Crippen molar-refractivity contribution in [3.8, 4) is 6.07 Å². The predicted octanol–water partition coefficient (Wildman–Crippen LogP) is 5.40. The second-order valence-electron chi connectivity index (χ2n) is 5.83. The highest BCUT2D eigenvalue weighted by molar-refractivity contribution is 7.16. The van der Waals surface area contributed by atoms with Gasteiger partial charge in [0.05, 0.1) is 5.56 Å². The Bertz CT molecular complexity index is 939. The van der Waals surface area contributed by atoms with E-state index in [-0.39, 0.29) is 0 Å². The molecule has 0 atom stereocenters. The van der Waals surface area contributed by atoms with Gasteiger partial charge in [-0.25, -0.2) is 4.99 Å². The molecule has 0 unspecified atom stereocenters. The summed E-state index contributed by atoms with van der Waals surface area (Å²) in [7, 11) is 0. The van der Waals surface area contributed by atoms with Gasteiger partial charge in [0.2, 0.25) is 0 Å². The Hall–Kier alpha value is -2.44. The minimum absolute atomic E-state index is 0.793. The number of hydrogen-bond donors (Lipinski definition) is 0. The second-order valence-corrected chi connectivity index (χ2v) is 6.91. The van der Waals surface area contributed by atoms with Gasteiger partial charge in [0.1, 0.15) is 11.1 Å². The van der Waals surface area contributed by atoms with Gasteiger partial charge in [-0.3, -0.25) is 0 Å². The molecule has 0 amide bonds. The first-order valence-electron chi connectivity index (χ1n) is 7.93. The van der Waals surface area contributed by atoms with E-state index in [0.29, 0.717) is 0 Å². The zero-order chi connectivity index (χ0) is 15.6. The van der Waals surface area contributed by atoms with Crippen LogP contribution in [0.2, 0.25) is 0 Å². The number of thiophene rings is 1. The van der Waals surface area contributed by atoms with Crippen molar-refractivity contribution in [2.75, 3.05) is 0 Å². The van der Waals surface area contributed by atoms with Crippen molar-refractivity contribution in [3.05, 3.63) is 64.0 Å². The Labute approximate surface area is 139 Å². The number of benzene rings is 2. The summed E-state index contributed by atoms with van der Waals surface area (Å²) in [5, 5.41) is 12.8. The molecule has 1 heterocycles. The maximum atomic E-state index is 9.52. The molecule has 0 spiro atoms. The van der Waals surface area contributed by atoms with Crippen molar-refractivity contribution < 1.29 is 0 Å². The van der Waals surface area contributed by atoms with Gasteiger partial charge in [-0.2, -0.15) is 5.26 Å². The summed E-state index contributed by atoms with van der Waals surface area (Å²) < 4.78 is 0. The van der Waals surface area contributed by atoms with Crippen LogP contribution in [0.25, 0.3) is 10.8 Å². The van der Waals surface area contributed by atoms with E-state index < -0.39 is 0 Å². The van der Waals surface area contributed by atoms with Crippen LogP contribution in [-0.4, -0.2) is 6.21 Å². The van der Waals surface area contributed by atoms with Gasteiger partial charge in [0.15, 0.2) is 0 Å². The van der Waals surface area contributed by atoms with E-state index in [0.717, 1.165) is 29.0 Å². The van der Waals surface area contributed by atoms with Crippen molar-refractivity contribution in [1.29, 1.82) is 5.26 Å². The van der Waals surface area contributed by atoms with Crippen LogP contribution in [0.15, 0.2) is 47.5 Å². The molecule has 1 aliphatic carbocycles. The third-order valence-electron chi connectivity index (χ3n) is 4.41. The molecular formula is C20H16N2S. The highest BCUT2D eigenvalue weighted by atomic mass is 32.1. The molecule has 0 saturated carbocycles. The normalized spacial score (nSPS) is 14.0. The molecule has 0 aliphatic heterocycles. The van der Waals surface area contributed by atoms with Gasteiger partial charge >= 0.3 is 0 Å². The van der Waals surface area contributed by atoms with Gasteiger partial charge in [-0.1, -0.05) is 42.5 Å². The first kappa shape index (κ1) is 14.2. The first-order valence-corrected chi connectivity index (χ1v) is 8.75. The number of nitriles is 1. The zero-order valence-corrected chi connectivity index (χ0v) is 13.6. The molecular weight excluding hydrogens is 300 g/mol. The van der Waals surface area contributed by atoms with Crippen LogP contribution in [0.4, 0.5) is 5.00 Å². The smallest absolute Gasteiger partial charge is 0.134 e. The maximum absolute atomic E-state index is 9.52. The predicted molar refractivity (Wildman–Crippen MR) is 96.9 cm³/mol. The topological polar surface area (TPSA) is 36.1 Å². The number of nitrogens with zero attached hydrogens (tertiary/aromatic N) is 2. The van der Waals surface area contributed by atoms with Crippen molar-refractivity contribution in [3.63, 3.8) is 0 Å². The Morgan fingerprint density at radius 3 is 2.78 bits per heavy atom. The van der Waals surface area contributed by atoms with Crippen molar-refractivity contribution in [2.24, 2.45) is 4.99 Å². The van der Waals surface area contributed by atoms with E-state index in [9.17, 15) is 5.26 Å². The molecule has 3 aromatic rings. The van der Waals surface area contributed by atoms with E-state index in [1.54, 1.807) is 11.3 Å². The van der Waals surface area contributed by atoms with Crippen LogP contribution >= 0.6 is 11.3 Å². The molecule has 2 nitrogen and oxygen atoms in total. The van der Waals surface area contributed by atoms with Crippen LogP contribution in [0.3, 0.4) is 0 Å². The molecule has 3 heteroatoms. The lowest BCUT2D eigenvalue weighted by Gasteiger charge is -2.09. The van der Waals surface area contributed by atoms with Crippen molar-refractivity contribution in [2.45, 2.75) is 25.7 Å². The van der Waals surface area contributed by atoms with Crippen LogP contribution in [0.1, 0.15) is 34.4 Å².